The number of carbonyl (C=O) groups is 1. The maximum atomic E-state index is 16.6. The molecule has 1 saturated heterocycles. The van der Waals surface area contributed by atoms with Crippen LogP contribution in [0.5, 0.6) is 5.75 Å². The summed E-state index contributed by atoms with van der Waals surface area (Å²) < 4.78 is 65.6. The van der Waals surface area contributed by atoms with E-state index >= 15 is 8.78 Å². The lowest BCUT2D eigenvalue weighted by molar-refractivity contribution is -0.145. The number of primary sulfonamides is 1. The molecule has 1 aliphatic carbocycles. The van der Waals surface area contributed by atoms with Crippen LogP contribution in [0.25, 0.3) is 10.8 Å². The molecule has 3 aromatic carbocycles. The van der Waals surface area contributed by atoms with Gasteiger partial charge in [0.25, 0.3) is 5.92 Å². The van der Waals surface area contributed by atoms with E-state index in [1.807, 2.05) is 0 Å². The first-order chi connectivity index (χ1) is 18.9. The molecule has 1 amide bonds. The predicted octanol–water partition coefficient (Wildman–Crippen LogP) is 5.40. The van der Waals surface area contributed by atoms with Gasteiger partial charge in [-0.25, -0.2) is 22.3 Å². The molecule has 1 heterocycles. The molecular weight excluding hydrogens is 604 g/mol. The molecule has 4 N–H and O–H groups in total. The summed E-state index contributed by atoms with van der Waals surface area (Å²) in [5.41, 5.74) is 5.34. The van der Waals surface area contributed by atoms with Crippen LogP contribution >= 0.6 is 15.9 Å². The van der Waals surface area contributed by atoms with Crippen molar-refractivity contribution in [2.75, 3.05) is 13.1 Å². The van der Waals surface area contributed by atoms with Gasteiger partial charge < -0.3 is 15.4 Å². The van der Waals surface area contributed by atoms with Crippen LogP contribution in [-0.2, 0) is 20.7 Å². The molecule has 0 spiro atoms. The Kier molecular flexibility index (Phi) is 8.20. The standard InChI is InChI=1S/C29H32BrF2N3O4S/c30-20-10-8-19(9-11-20)29(31,32)27(28(36)35-15-3-4-21(33)17-35)26-24-13-12-23(39-22-5-1-2-6-22)16-18(24)7-14-25(26)40(34,37)38/h7-14,16,21-22,27H,1-6,15,17,33H2,(H2,34,37,38)/t21-,27+/m1/s1. The molecule has 1 saturated carbocycles. The Morgan fingerprint density at radius 2 is 1.73 bits per heavy atom. The van der Waals surface area contributed by atoms with E-state index in [-0.39, 0.29) is 36.2 Å². The molecule has 1 aliphatic heterocycles. The van der Waals surface area contributed by atoms with E-state index in [4.69, 9.17) is 15.6 Å². The Bertz CT molecular complexity index is 1510. The van der Waals surface area contributed by atoms with Crippen LogP contribution in [-0.4, -0.2) is 44.5 Å². The SMILES string of the molecule is N[C@@H]1CCCN(C(=O)[C@H](c2c(S(N)(=O)=O)ccc3cc(OC4CCCC4)ccc23)C(F)(F)c2ccc(Br)cc2)C1. The molecule has 11 heteroatoms. The largest absolute Gasteiger partial charge is 0.490 e. The van der Waals surface area contributed by atoms with Crippen LogP contribution in [0.1, 0.15) is 55.6 Å². The van der Waals surface area contributed by atoms with E-state index in [0.717, 1.165) is 25.7 Å². The number of likely N-dealkylation sites (tertiary alicyclic amines) is 1. The van der Waals surface area contributed by atoms with Crippen molar-refractivity contribution in [1.82, 2.24) is 4.90 Å². The first kappa shape index (κ1) is 28.9. The summed E-state index contributed by atoms with van der Waals surface area (Å²) >= 11 is 3.26. The number of fused-ring (bicyclic) bond motifs is 1. The predicted molar refractivity (Wildman–Crippen MR) is 153 cm³/mol. The van der Waals surface area contributed by atoms with Crippen LogP contribution in [0.3, 0.4) is 0 Å². The Morgan fingerprint density at radius 3 is 2.38 bits per heavy atom. The second kappa shape index (κ2) is 11.3. The van der Waals surface area contributed by atoms with Crippen molar-refractivity contribution in [3.8, 4) is 5.75 Å². The summed E-state index contributed by atoms with van der Waals surface area (Å²) in [6.45, 7) is 0.342. The third-order valence-corrected chi connectivity index (χ3v) is 9.30. The number of halogens is 3. The smallest absolute Gasteiger partial charge is 0.288 e. The van der Waals surface area contributed by atoms with Crippen molar-refractivity contribution in [3.05, 3.63) is 70.2 Å². The van der Waals surface area contributed by atoms with Crippen LogP contribution in [0.2, 0.25) is 0 Å². The van der Waals surface area contributed by atoms with E-state index in [0.29, 0.717) is 28.5 Å². The van der Waals surface area contributed by atoms with Gasteiger partial charge in [-0.05, 0) is 85.2 Å². The number of hydrogen-bond acceptors (Lipinski definition) is 5. The van der Waals surface area contributed by atoms with E-state index in [2.05, 4.69) is 15.9 Å². The first-order valence-electron chi connectivity index (χ1n) is 13.4. The van der Waals surface area contributed by atoms with Gasteiger partial charge in [-0.1, -0.05) is 40.2 Å². The van der Waals surface area contributed by atoms with Gasteiger partial charge >= 0.3 is 0 Å². The molecular formula is C29H32BrF2N3O4S. The van der Waals surface area contributed by atoms with E-state index in [1.54, 1.807) is 18.2 Å². The van der Waals surface area contributed by atoms with Gasteiger partial charge in [-0.15, -0.1) is 0 Å². The summed E-state index contributed by atoms with van der Waals surface area (Å²) in [5.74, 6) is -6.30. The highest BCUT2D eigenvalue weighted by Gasteiger charge is 2.51. The maximum Gasteiger partial charge on any atom is 0.288 e. The quantitative estimate of drug-likeness (QED) is 0.361. The average Bonchev–Trinajstić information content (AvgIpc) is 3.41. The second-order valence-corrected chi connectivity index (χ2v) is 13.1. The number of sulfonamides is 1. The fourth-order valence-corrected chi connectivity index (χ4v) is 6.88. The zero-order valence-electron chi connectivity index (χ0n) is 21.9. The minimum Gasteiger partial charge on any atom is -0.490 e. The third kappa shape index (κ3) is 5.88. The number of benzene rings is 3. The van der Waals surface area contributed by atoms with Crippen molar-refractivity contribution in [1.29, 1.82) is 0 Å². The van der Waals surface area contributed by atoms with Gasteiger partial charge in [0.1, 0.15) is 11.7 Å². The number of rotatable bonds is 7. The molecule has 0 unspecified atom stereocenters. The Balaban J connectivity index is 1.71. The van der Waals surface area contributed by atoms with Crippen molar-refractivity contribution in [3.63, 3.8) is 0 Å². The van der Waals surface area contributed by atoms with Crippen LogP contribution in [0.4, 0.5) is 8.78 Å². The molecule has 2 atom stereocenters. The fraction of sp³-hybridized carbons (Fsp3) is 0.414. The highest BCUT2D eigenvalue weighted by atomic mass is 79.9. The normalized spacial score (nSPS) is 19.6. The monoisotopic (exact) mass is 635 g/mol. The number of hydrogen-bond donors (Lipinski definition) is 2. The second-order valence-electron chi connectivity index (χ2n) is 10.7. The zero-order chi connectivity index (χ0) is 28.7. The van der Waals surface area contributed by atoms with Gasteiger partial charge in [0.2, 0.25) is 15.9 Å². The fourth-order valence-electron chi connectivity index (χ4n) is 5.82. The maximum absolute atomic E-state index is 16.6. The van der Waals surface area contributed by atoms with Crippen LogP contribution < -0.4 is 15.6 Å². The highest BCUT2D eigenvalue weighted by molar-refractivity contribution is 9.10. The number of carbonyl (C=O) groups excluding carboxylic acids is 1. The summed E-state index contributed by atoms with van der Waals surface area (Å²) in [4.78, 5) is 14.9. The Labute approximate surface area is 241 Å². The third-order valence-electron chi connectivity index (χ3n) is 7.80. The van der Waals surface area contributed by atoms with Gasteiger partial charge in [0.15, 0.2) is 0 Å². The zero-order valence-corrected chi connectivity index (χ0v) is 24.3. The molecule has 40 heavy (non-hydrogen) atoms. The van der Waals surface area contributed by atoms with E-state index in [1.165, 1.54) is 41.3 Å². The van der Waals surface area contributed by atoms with Gasteiger partial charge in [-0.2, -0.15) is 0 Å². The molecule has 2 fully saturated rings. The van der Waals surface area contributed by atoms with Gasteiger partial charge in [0, 0.05) is 29.2 Å². The molecule has 0 aromatic heterocycles. The Hall–Kier alpha value is -2.60. The van der Waals surface area contributed by atoms with Crippen molar-refractivity contribution >= 4 is 42.6 Å². The first-order valence-corrected chi connectivity index (χ1v) is 15.7. The number of nitrogens with two attached hydrogens (primary N) is 2. The molecule has 7 nitrogen and oxygen atoms in total. The average molecular weight is 637 g/mol. The molecule has 0 radical (unpaired) electrons. The number of ether oxygens (including phenoxy) is 1. The molecule has 5 rings (SSSR count). The number of piperidine rings is 1. The lowest BCUT2D eigenvalue weighted by Gasteiger charge is -2.37. The van der Waals surface area contributed by atoms with Crippen molar-refractivity contribution < 1.29 is 26.7 Å². The summed E-state index contributed by atoms with van der Waals surface area (Å²) in [5, 5.41) is 6.25. The summed E-state index contributed by atoms with van der Waals surface area (Å²) in [7, 11) is -4.49. The molecule has 0 bridgehead atoms. The molecule has 214 valence electrons. The minimum atomic E-state index is -4.49. The van der Waals surface area contributed by atoms with Gasteiger partial charge in [-0.3, -0.25) is 4.79 Å². The van der Waals surface area contributed by atoms with Crippen LogP contribution in [0, 0.1) is 0 Å². The minimum absolute atomic E-state index is 0.0694. The van der Waals surface area contributed by atoms with Gasteiger partial charge in [0.05, 0.1) is 11.0 Å². The lowest BCUT2D eigenvalue weighted by Crippen LogP contribution is -2.50. The number of amides is 1. The summed E-state index contributed by atoms with van der Waals surface area (Å²) in [6.07, 6.45) is 5.31. The van der Waals surface area contributed by atoms with Crippen molar-refractivity contribution in [2.45, 2.75) is 67.4 Å². The summed E-state index contributed by atoms with van der Waals surface area (Å²) in [6, 6.07) is 12.6. The van der Waals surface area contributed by atoms with E-state index < -0.39 is 38.2 Å². The lowest BCUT2D eigenvalue weighted by atomic mass is 9.83. The topological polar surface area (TPSA) is 116 Å². The number of nitrogens with zero attached hydrogens (tertiary/aromatic N) is 1. The number of alkyl halides is 2. The van der Waals surface area contributed by atoms with Crippen LogP contribution in [0.15, 0.2) is 64.0 Å². The Morgan fingerprint density at radius 1 is 1.02 bits per heavy atom. The molecule has 3 aromatic rings. The molecule has 2 aliphatic rings. The van der Waals surface area contributed by atoms with Crippen molar-refractivity contribution in [2.24, 2.45) is 10.9 Å². The van der Waals surface area contributed by atoms with E-state index in [9.17, 15) is 13.2 Å². The highest BCUT2D eigenvalue weighted by Crippen LogP contribution is 2.48.